The van der Waals surface area contributed by atoms with E-state index in [9.17, 15) is 0 Å². The van der Waals surface area contributed by atoms with Gasteiger partial charge in [0.2, 0.25) is 5.95 Å². The van der Waals surface area contributed by atoms with Crippen molar-refractivity contribution in [3.63, 3.8) is 0 Å². The molecule has 1 aromatic heterocycles. The maximum atomic E-state index is 6.17. The van der Waals surface area contributed by atoms with Crippen LogP contribution in [0.2, 0.25) is 5.02 Å². The topological polar surface area (TPSA) is 59.1 Å². The number of halogens is 1. The molecule has 0 aliphatic carbocycles. The summed E-state index contributed by atoms with van der Waals surface area (Å²) < 4.78 is 5.61. The van der Waals surface area contributed by atoms with Gasteiger partial charge < -0.3 is 15.4 Å². The lowest BCUT2D eigenvalue weighted by atomic mass is 10.2. The highest BCUT2D eigenvalue weighted by atomic mass is 35.5. The molecule has 0 saturated carbocycles. The van der Waals surface area contributed by atoms with E-state index in [4.69, 9.17) is 16.3 Å². The van der Waals surface area contributed by atoms with E-state index in [1.165, 1.54) is 0 Å². The van der Waals surface area contributed by atoms with Gasteiger partial charge in [-0.05, 0) is 44.4 Å². The fourth-order valence-electron chi connectivity index (χ4n) is 2.60. The zero-order valence-corrected chi connectivity index (χ0v) is 14.2. The highest BCUT2D eigenvalue weighted by Gasteiger charge is 2.15. The van der Waals surface area contributed by atoms with Gasteiger partial charge in [0, 0.05) is 35.6 Å². The molecular formula is C17H21ClN4O. The maximum Gasteiger partial charge on any atom is 0.224 e. The molecule has 1 atom stereocenters. The number of aryl methyl sites for hydroxylation is 1. The summed E-state index contributed by atoms with van der Waals surface area (Å²) in [7, 11) is 0. The molecule has 0 bridgehead atoms. The second-order valence-electron chi connectivity index (χ2n) is 5.77. The Morgan fingerprint density at radius 2 is 2.17 bits per heavy atom. The third-order valence-electron chi connectivity index (χ3n) is 3.90. The molecule has 5 nitrogen and oxygen atoms in total. The second kappa shape index (κ2) is 7.15. The van der Waals surface area contributed by atoms with Crippen molar-refractivity contribution in [3.05, 3.63) is 40.5 Å². The van der Waals surface area contributed by atoms with Gasteiger partial charge >= 0.3 is 0 Å². The summed E-state index contributed by atoms with van der Waals surface area (Å²) in [6, 6.07) is 7.69. The van der Waals surface area contributed by atoms with Gasteiger partial charge in [0.25, 0.3) is 0 Å². The number of nitrogens with one attached hydrogen (secondary N) is 2. The van der Waals surface area contributed by atoms with Crippen molar-refractivity contribution in [1.29, 1.82) is 0 Å². The van der Waals surface area contributed by atoms with Gasteiger partial charge in [-0.2, -0.15) is 4.98 Å². The van der Waals surface area contributed by atoms with Crippen molar-refractivity contribution >= 4 is 29.1 Å². The average molecular weight is 333 g/mol. The Labute approximate surface area is 141 Å². The lowest BCUT2D eigenvalue weighted by molar-refractivity contribution is 0.120. The first-order valence-corrected chi connectivity index (χ1v) is 8.23. The quantitative estimate of drug-likeness (QED) is 0.864. The predicted molar refractivity (Wildman–Crippen MR) is 93.7 cm³/mol. The molecular weight excluding hydrogens is 312 g/mol. The van der Waals surface area contributed by atoms with E-state index in [-0.39, 0.29) is 6.10 Å². The SMILES string of the molecule is Cc1cc(Nc2cccc(Cl)c2C)nc(NCC2CCCO2)n1. The van der Waals surface area contributed by atoms with Gasteiger partial charge in [-0.1, -0.05) is 17.7 Å². The predicted octanol–water partition coefficient (Wildman–Crippen LogP) is 4.08. The van der Waals surface area contributed by atoms with Gasteiger partial charge in [0.1, 0.15) is 5.82 Å². The number of ether oxygens (including phenoxy) is 1. The largest absolute Gasteiger partial charge is 0.376 e. The normalized spacial score (nSPS) is 17.3. The third-order valence-corrected chi connectivity index (χ3v) is 4.31. The highest BCUT2D eigenvalue weighted by molar-refractivity contribution is 6.31. The zero-order chi connectivity index (χ0) is 16.2. The molecule has 1 aliphatic rings. The van der Waals surface area contributed by atoms with E-state index in [1.54, 1.807) is 0 Å². The smallest absolute Gasteiger partial charge is 0.224 e. The summed E-state index contributed by atoms with van der Waals surface area (Å²) in [5.74, 6) is 1.36. The molecule has 1 saturated heterocycles. The number of nitrogens with zero attached hydrogens (tertiary/aromatic N) is 2. The molecule has 23 heavy (non-hydrogen) atoms. The van der Waals surface area contributed by atoms with Crippen molar-refractivity contribution in [3.8, 4) is 0 Å². The van der Waals surface area contributed by atoms with Crippen molar-refractivity contribution < 1.29 is 4.74 Å². The third kappa shape index (κ3) is 4.12. The fourth-order valence-corrected chi connectivity index (χ4v) is 2.78. The Morgan fingerprint density at radius 3 is 2.96 bits per heavy atom. The number of hydrogen-bond acceptors (Lipinski definition) is 5. The van der Waals surface area contributed by atoms with Crippen LogP contribution in [0.15, 0.2) is 24.3 Å². The first-order chi connectivity index (χ1) is 11.1. The molecule has 6 heteroatoms. The molecule has 2 aromatic rings. The Hall–Kier alpha value is -1.85. The van der Waals surface area contributed by atoms with E-state index >= 15 is 0 Å². The summed E-state index contributed by atoms with van der Waals surface area (Å²) >= 11 is 6.17. The molecule has 3 rings (SSSR count). The van der Waals surface area contributed by atoms with Gasteiger partial charge in [-0.25, -0.2) is 4.98 Å². The number of aromatic nitrogens is 2. The van der Waals surface area contributed by atoms with Crippen molar-refractivity contribution in [1.82, 2.24) is 9.97 Å². The minimum atomic E-state index is 0.255. The first-order valence-electron chi connectivity index (χ1n) is 7.85. The van der Waals surface area contributed by atoms with Crippen LogP contribution in [-0.2, 0) is 4.74 Å². The summed E-state index contributed by atoms with van der Waals surface area (Å²) in [6.07, 6.45) is 2.47. The van der Waals surface area contributed by atoms with Crippen molar-refractivity contribution in [2.75, 3.05) is 23.8 Å². The van der Waals surface area contributed by atoms with Crippen LogP contribution in [0.1, 0.15) is 24.1 Å². The average Bonchev–Trinajstić information content (AvgIpc) is 3.03. The Kier molecular flexibility index (Phi) is 4.98. The standard InChI is InChI=1S/C17H21ClN4O/c1-11-9-16(21-15-7-3-6-14(18)12(15)2)22-17(20-11)19-10-13-5-4-8-23-13/h3,6-7,9,13H,4-5,8,10H2,1-2H3,(H2,19,20,21,22). The van der Waals surface area contributed by atoms with Crippen LogP contribution in [0.5, 0.6) is 0 Å². The highest BCUT2D eigenvalue weighted by Crippen LogP contribution is 2.26. The van der Waals surface area contributed by atoms with E-state index in [0.717, 1.165) is 53.8 Å². The second-order valence-corrected chi connectivity index (χ2v) is 6.18. The monoisotopic (exact) mass is 332 g/mol. The summed E-state index contributed by atoms with van der Waals surface area (Å²) in [5, 5.41) is 7.32. The van der Waals surface area contributed by atoms with Gasteiger partial charge in [-0.15, -0.1) is 0 Å². The molecule has 0 amide bonds. The van der Waals surface area contributed by atoms with Gasteiger partial charge in [0.15, 0.2) is 0 Å². The Bertz CT molecular complexity index is 686. The fraction of sp³-hybridized carbons (Fsp3) is 0.412. The summed E-state index contributed by atoms with van der Waals surface area (Å²) in [5.41, 5.74) is 2.84. The number of rotatable bonds is 5. The van der Waals surface area contributed by atoms with Crippen LogP contribution in [0.4, 0.5) is 17.5 Å². The van der Waals surface area contributed by atoms with E-state index in [1.807, 2.05) is 38.1 Å². The van der Waals surface area contributed by atoms with Crippen molar-refractivity contribution in [2.24, 2.45) is 0 Å². The molecule has 0 radical (unpaired) electrons. The molecule has 1 aliphatic heterocycles. The number of anilines is 3. The van der Waals surface area contributed by atoms with Crippen LogP contribution < -0.4 is 10.6 Å². The molecule has 0 spiro atoms. The van der Waals surface area contributed by atoms with E-state index in [2.05, 4.69) is 20.6 Å². The Balaban J connectivity index is 1.73. The van der Waals surface area contributed by atoms with Crippen LogP contribution in [-0.4, -0.2) is 29.2 Å². The van der Waals surface area contributed by atoms with Crippen LogP contribution in [0.25, 0.3) is 0 Å². The summed E-state index contributed by atoms with van der Waals surface area (Å²) in [4.78, 5) is 8.96. The lowest BCUT2D eigenvalue weighted by Gasteiger charge is -2.14. The summed E-state index contributed by atoms with van der Waals surface area (Å²) in [6.45, 7) is 5.52. The number of benzene rings is 1. The minimum absolute atomic E-state index is 0.255. The Morgan fingerprint density at radius 1 is 1.30 bits per heavy atom. The van der Waals surface area contributed by atoms with Crippen molar-refractivity contribution in [2.45, 2.75) is 32.8 Å². The van der Waals surface area contributed by atoms with Gasteiger partial charge in [0.05, 0.1) is 6.10 Å². The molecule has 1 fully saturated rings. The number of hydrogen-bond donors (Lipinski definition) is 2. The van der Waals surface area contributed by atoms with E-state index < -0.39 is 0 Å². The van der Waals surface area contributed by atoms with Crippen LogP contribution >= 0.6 is 11.6 Å². The van der Waals surface area contributed by atoms with Gasteiger partial charge in [-0.3, -0.25) is 0 Å². The molecule has 2 heterocycles. The maximum absolute atomic E-state index is 6.17. The molecule has 122 valence electrons. The lowest BCUT2D eigenvalue weighted by Crippen LogP contribution is -2.20. The van der Waals surface area contributed by atoms with Crippen LogP contribution in [0.3, 0.4) is 0 Å². The molecule has 1 aromatic carbocycles. The first kappa shape index (κ1) is 16.0. The molecule has 2 N–H and O–H groups in total. The van der Waals surface area contributed by atoms with Crippen LogP contribution in [0, 0.1) is 13.8 Å². The zero-order valence-electron chi connectivity index (χ0n) is 13.4. The molecule has 1 unspecified atom stereocenters. The van der Waals surface area contributed by atoms with E-state index in [0.29, 0.717) is 5.95 Å². The minimum Gasteiger partial charge on any atom is -0.376 e.